The summed E-state index contributed by atoms with van der Waals surface area (Å²) in [6.45, 7) is 14.3. The summed E-state index contributed by atoms with van der Waals surface area (Å²) in [5, 5.41) is 31.8. The van der Waals surface area contributed by atoms with Crippen molar-refractivity contribution in [2.75, 3.05) is 6.61 Å². The van der Waals surface area contributed by atoms with Crippen LogP contribution in [0.5, 0.6) is 0 Å². The highest BCUT2D eigenvalue weighted by Crippen LogP contribution is 2.75. The maximum Gasteiger partial charge on any atom is 0.310 e. The first-order chi connectivity index (χ1) is 15.7. The van der Waals surface area contributed by atoms with Gasteiger partial charge in [-0.2, -0.15) is 0 Å². The first-order valence-corrected chi connectivity index (χ1v) is 13.9. The molecule has 0 spiro atoms. The molecule has 192 valence electrons. The number of fused-ring (bicyclic) bond motifs is 7. The number of hydrogen-bond acceptors (Lipinski definition) is 3. The predicted octanol–water partition coefficient (Wildman–Crippen LogP) is 6.21. The third-order valence-electron chi connectivity index (χ3n) is 13.2. The van der Waals surface area contributed by atoms with Crippen LogP contribution in [-0.2, 0) is 4.79 Å². The molecule has 0 aromatic carbocycles. The van der Waals surface area contributed by atoms with Crippen LogP contribution in [0, 0.1) is 50.2 Å². The van der Waals surface area contributed by atoms with Crippen molar-refractivity contribution in [3.05, 3.63) is 11.6 Å². The molecule has 9 atom stereocenters. The zero-order chi connectivity index (χ0) is 24.9. The number of carboxylic acid groups (broad SMARTS) is 1. The van der Waals surface area contributed by atoms with E-state index in [1.165, 1.54) is 5.57 Å². The molecule has 0 aromatic heterocycles. The number of carbonyl (C=O) groups is 1. The van der Waals surface area contributed by atoms with Gasteiger partial charge in [-0.25, -0.2) is 0 Å². The van der Waals surface area contributed by atoms with Crippen molar-refractivity contribution in [2.45, 2.75) is 112 Å². The highest BCUT2D eigenvalue weighted by atomic mass is 16.4. The van der Waals surface area contributed by atoms with Crippen molar-refractivity contribution in [3.8, 4) is 0 Å². The summed E-state index contributed by atoms with van der Waals surface area (Å²) in [6, 6.07) is 0. The monoisotopic (exact) mass is 472 g/mol. The maximum atomic E-state index is 12.8. The van der Waals surface area contributed by atoms with Crippen molar-refractivity contribution < 1.29 is 20.1 Å². The quantitative estimate of drug-likeness (QED) is 0.418. The first-order valence-electron chi connectivity index (χ1n) is 13.9. The van der Waals surface area contributed by atoms with E-state index in [0.717, 1.165) is 64.2 Å². The number of rotatable bonds is 2. The Bertz CT molecular complexity index is 907. The van der Waals surface area contributed by atoms with Gasteiger partial charge in [-0.15, -0.1) is 0 Å². The summed E-state index contributed by atoms with van der Waals surface area (Å²) < 4.78 is 0. The Kier molecular flexibility index (Phi) is 5.36. The summed E-state index contributed by atoms with van der Waals surface area (Å²) in [5.41, 5.74) is 0.858. The van der Waals surface area contributed by atoms with E-state index in [4.69, 9.17) is 0 Å². The summed E-state index contributed by atoms with van der Waals surface area (Å²) in [5.74, 6) is 0.395. The van der Waals surface area contributed by atoms with E-state index in [2.05, 4.69) is 47.6 Å². The minimum absolute atomic E-state index is 0.0204. The predicted molar refractivity (Wildman–Crippen MR) is 134 cm³/mol. The van der Waals surface area contributed by atoms with Gasteiger partial charge in [0.05, 0.1) is 18.1 Å². The Morgan fingerprint density at radius 3 is 2.26 bits per heavy atom. The molecule has 4 saturated carbocycles. The smallest absolute Gasteiger partial charge is 0.310 e. The van der Waals surface area contributed by atoms with Crippen LogP contribution in [0.15, 0.2) is 11.6 Å². The fourth-order valence-electron chi connectivity index (χ4n) is 10.7. The topological polar surface area (TPSA) is 77.8 Å². The van der Waals surface area contributed by atoms with Crippen LogP contribution in [0.2, 0.25) is 0 Å². The Hall–Kier alpha value is -0.870. The molecule has 0 aromatic rings. The largest absolute Gasteiger partial charge is 0.481 e. The van der Waals surface area contributed by atoms with Crippen molar-refractivity contribution in [1.82, 2.24) is 0 Å². The fourth-order valence-corrected chi connectivity index (χ4v) is 10.7. The van der Waals surface area contributed by atoms with Gasteiger partial charge >= 0.3 is 5.97 Å². The van der Waals surface area contributed by atoms with E-state index in [-0.39, 0.29) is 34.2 Å². The average molecular weight is 473 g/mol. The molecular weight excluding hydrogens is 424 g/mol. The molecule has 0 amide bonds. The number of aliphatic hydroxyl groups is 2. The molecule has 0 radical (unpaired) electrons. The molecule has 4 fully saturated rings. The summed E-state index contributed by atoms with van der Waals surface area (Å²) in [6.07, 6.45) is 11.6. The van der Waals surface area contributed by atoms with Crippen molar-refractivity contribution >= 4 is 5.97 Å². The fraction of sp³-hybridized carbons (Fsp3) is 0.900. The first kappa shape index (κ1) is 24.8. The van der Waals surface area contributed by atoms with E-state index in [9.17, 15) is 20.1 Å². The minimum atomic E-state index is -0.588. The van der Waals surface area contributed by atoms with Crippen molar-refractivity contribution in [1.29, 1.82) is 0 Å². The Labute approximate surface area is 206 Å². The zero-order valence-corrected chi connectivity index (χ0v) is 22.4. The second-order valence-corrected chi connectivity index (χ2v) is 14.9. The van der Waals surface area contributed by atoms with Gasteiger partial charge < -0.3 is 15.3 Å². The lowest BCUT2D eigenvalue weighted by Crippen LogP contribution is -2.65. The summed E-state index contributed by atoms with van der Waals surface area (Å²) in [7, 11) is 0. The van der Waals surface area contributed by atoms with Gasteiger partial charge in [0, 0.05) is 5.41 Å². The molecule has 0 unspecified atom stereocenters. The molecule has 5 aliphatic rings. The standard InChI is InChI=1S/C30H48O4/c1-25(2)13-15-30(24(33)34)16-14-28(5)19(20(30)17-25)7-8-22-26(3)11-10-23(32)27(4,18-31)21(26)9-12-29(22,28)6/h7,20-23,31-32H,8-18H2,1-6H3,(H,33,34)/t20-,21-,22-,23+,26+,27-,28-,29-,30+/m1/s1. The SMILES string of the molecule is CC1(C)CC[C@]2(C(=O)O)CC[C@]3(C)C(=CC[C@@H]4[C@@]5(C)CC[C@H](O)[C@](C)(CO)[C@@H]5CC[C@]43C)[C@H]2C1. The summed E-state index contributed by atoms with van der Waals surface area (Å²) >= 11 is 0. The number of allylic oxidation sites excluding steroid dienone is 2. The molecule has 3 N–H and O–H groups in total. The number of hydrogen-bond donors (Lipinski definition) is 3. The molecule has 0 heterocycles. The van der Waals surface area contributed by atoms with E-state index in [1.807, 2.05) is 0 Å². The van der Waals surface area contributed by atoms with E-state index < -0.39 is 22.9 Å². The normalized spacial score (nSPS) is 54.1. The van der Waals surface area contributed by atoms with Gasteiger partial charge in [-0.05, 0) is 104 Å². The van der Waals surface area contributed by atoms with Gasteiger partial charge in [0.25, 0.3) is 0 Å². The lowest BCUT2D eigenvalue weighted by Gasteiger charge is -2.71. The van der Waals surface area contributed by atoms with Crippen LogP contribution in [0.25, 0.3) is 0 Å². The van der Waals surface area contributed by atoms with E-state index in [0.29, 0.717) is 11.8 Å². The second-order valence-electron chi connectivity index (χ2n) is 14.9. The molecule has 0 saturated heterocycles. The third-order valence-corrected chi connectivity index (χ3v) is 13.2. The Morgan fingerprint density at radius 2 is 1.62 bits per heavy atom. The maximum absolute atomic E-state index is 12.8. The van der Waals surface area contributed by atoms with Gasteiger partial charge in [0.1, 0.15) is 0 Å². The molecule has 4 nitrogen and oxygen atoms in total. The van der Waals surface area contributed by atoms with Gasteiger partial charge in [0.2, 0.25) is 0 Å². The highest BCUT2D eigenvalue weighted by molar-refractivity contribution is 5.76. The zero-order valence-electron chi connectivity index (χ0n) is 22.4. The average Bonchev–Trinajstić information content (AvgIpc) is 2.76. The molecule has 0 bridgehead atoms. The van der Waals surface area contributed by atoms with Crippen LogP contribution in [-0.4, -0.2) is 34.0 Å². The van der Waals surface area contributed by atoms with E-state index in [1.54, 1.807) is 0 Å². The number of aliphatic hydroxyl groups excluding tert-OH is 2. The van der Waals surface area contributed by atoms with Gasteiger partial charge in [0.15, 0.2) is 0 Å². The summed E-state index contributed by atoms with van der Waals surface area (Å²) in [4.78, 5) is 12.8. The van der Waals surface area contributed by atoms with Crippen LogP contribution < -0.4 is 0 Å². The molecule has 34 heavy (non-hydrogen) atoms. The third kappa shape index (κ3) is 2.88. The molecule has 5 rings (SSSR count). The number of aliphatic carboxylic acids is 1. The van der Waals surface area contributed by atoms with Gasteiger partial charge in [-0.1, -0.05) is 53.2 Å². The van der Waals surface area contributed by atoms with Gasteiger partial charge in [-0.3, -0.25) is 4.79 Å². The van der Waals surface area contributed by atoms with Crippen LogP contribution in [0.3, 0.4) is 0 Å². The Balaban J connectivity index is 1.60. The highest BCUT2D eigenvalue weighted by Gasteiger charge is 2.69. The molecule has 0 aliphatic heterocycles. The number of carboxylic acids is 1. The lowest BCUT2D eigenvalue weighted by molar-refractivity contribution is -0.216. The molecule has 4 heteroatoms. The molecular formula is C30H48O4. The van der Waals surface area contributed by atoms with Crippen molar-refractivity contribution in [2.24, 2.45) is 50.2 Å². The van der Waals surface area contributed by atoms with Crippen LogP contribution >= 0.6 is 0 Å². The van der Waals surface area contributed by atoms with Crippen LogP contribution in [0.1, 0.15) is 106 Å². The lowest BCUT2D eigenvalue weighted by atomic mass is 9.33. The van der Waals surface area contributed by atoms with E-state index >= 15 is 0 Å². The Morgan fingerprint density at radius 1 is 0.941 bits per heavy atom. The second kappa shape index (κ2) is 7.34. The van der Waals surface area contributed by atoms with Crippen LogP contribution in [0.4, 0.5) is 0 Å². The van der Waals surface area contributed by atoms with Crippen molar-refractivity contribution in [3.63, 3.8) is 0 Å². The molecule has 5 aliphatic carbocycles. The minimum Gasteiger partial charge on any atom is -0.481 e.